The molecule has 0 heteroatoms. The lowest BCUT2D eigenvalue weighted by molar-refractivity contribution is 0.221. The van der Waals surface area contributed by atoms with Crippen LogP contribution in [0.1, 0.15) is 47.0 Å². The van der Waals surface area contributed by atoms with Crippen LogP contribution in [0.15, 0.2) is 12.7 Å². The normalized spacial score (nSPS) is 58.9. The standard InChI is InChI=1S/C13H22/c1-6-13(7-2)8-10(3)11(4)9-12(11,13)5/h6,10H,1,7-9H2,2-5H3. The van der Waals surface area contributed by atoms with Gasteiger partial charge in [0, 0.05) is 0 Å². The lowest BCUT2D eigenvalue weighted by atomic mass is 9.71. The summed E-state index contributed by atoms with van der Waals surface area (Å²) in [5, 5.41) is 0. The molecule has 0 amide bonds. The number of hydrogen-bond acceptors (Lipinski definition) is 0. The predicted octanol–water partition coefficient (Wildman–Crippen LogP) is 4.02. The topological polar surface area (TPSA) is 0 Å². The Bertz CT molecular complexity index is 255. The Balaban J connectivity index is 2.41. The molecule has 2 aliphatic rings. The van der Waals surface area contributed by atoms with Gasteiger partial charge in [-0.15, -0.1) is 6.58 Å². The van der Waals surface area contributed by atoms with Gasteiger partial charge in [-0.05, 0) is 41.4 Å². The van der Waals surface area contributed by atoms with Crippen LogP contribution in [0, 0.1) is 22.2 Å². The molecule has 0 radical (unpaired) electrons. The molecular formula is C13H22. The van der Waals surface area contributed by atoms with E-state index in [0.717, 1.165) is 5.92 Å². The summed E-state index contributed by atoms with van der Waals surface area (Å²) in [6, 6.07) is 0. The molecule has 0 bridgehead atoms. The van der Waals surface area contributed by atoms with Gasteiger partial charge in [0.1, 0.15) is 0 Å². The second-order valence-corrected chi connectivity index (χ2v) is 5.75. The fourth-order valence-corrected chi connectivity index (χ4v) is 4.14. The first-order chi connectivity index (χ1) is 5.96. The van der Waals surface area contributed by atoms with E-state index < -0.39 is 0 Å². The molecule has 0 aromatic rings. The van der Waals surface area contributed by atoms with Crippen molar-refractivity contribution in [1.29, 1.82) is 0 Å². The highest BCUT2D eigenvalue weighted by Gasteiger charge is 2.75. The Labute approximate surface area is 82.4 Å². The number of fused-ring (bicyclic) bond motifs is 1. The van der Waals surface area contributed by atoms with Gasteiger partial charge < -0.3 is 0 Å². The van der Waals surface area contributed by atoms with Crippen LogP contribution >= 0.6 is 0 Å². The van der Waals surface area contributed by atoms with Crippen molar-refractivity contribution in [3.63, 3.8) is 0 Å². The molecule has 0 N–H and O–H groups in total. The molecule has 0 spiro atoms. The predicted molar refractivity (Wildman–Crippen MR) is 57.5 cm³/mol. The lowest BCUT2D eigenvalue weighted by Gasteiger charge is -2.33. The quantitative estimate of drug-likeness (QED) is 0.560. The second-order valence-electron chi connectivity index (χ2n) is 5.75. The van der Waals surface area contributed by atoms with Crippen LogP contribution in [0.2, 0.25) is 0 Å². The van der Waals surface area contributed by atoms with Crippen molar-refractivity contribution in [2.45, 2.75) is 47.0 Å². The zero-order valence-corrected chi connectivity index (χ0v) is 9.48. The summed E-state index contributed by atoms with van der Waals surface area (Å²) >= 11 is 0. The summed E-state index contributed by atoms with van der Waals surface area (Å²) in [6.07, 6.45) is 6.30. The van der Waals surface area contributed by atoms with E-state index in [4.69, 9.17) is 0 Å². The zero-order valence-electron chi connectivity index (χ0n) is 9.48. The molecule has 0 nitrogen and oxygen atoms in total. The highest BCUT2D eigenvalue weighted by atomic mass is 14.8. The van der Waals surface area contributed by atoms with Crippen molar-refractivity contribution in [1.82, 2.24) is 0 Å². The fourth-order valence-electron chi connectivity index (χ4n) is 4.14. The summed E-state index contributed by atoms with van der Waals surface area (Å²) in [7, 11) is 0. The van der Waals surface area contributed by atoms with E-state index in [2.05, 4.69) is 40.3 Å². The summed E-state index contributed by atoms with van der Waals surface area (Å²) < 4.78 is 0. The molecule has 2 rings (SSSR count). The molecule has 0 aromatic heterocycles. The first-order valence-electron chi connectivity index (χ1n) is 5.59. The SMILES string of the molecule is C=CC1(CC)CC(C)C2(C)CC12C. The van der Waals surface area contributed by atoms with Crippen LogP contribution in [-0.4, -0.2) is 0 Å². The van der Waals surface area contributed by atoms with Crippen molar-refractivity contribution in [2.24, 2.45) is 22.2 Å². The van der Waals surface area contributed by atoms with Crippen molar-refractivity contribution in [2.75, 3.05) is 0 Å². The van der Waals surface area contributed by atoms with Gasteiger partial charge >= 0.3 is 0 Å². The third kappa shape index (κ3) is 0.742. The largest absolute Gasteiger partial charge is 0.103 e. The second kappa shape index (κ2) is 2.21. The highest BCUT2D eigenvalue weighted by Crippen LogP contribution is 2.82. The molecule has 0 aromatic carbocycles. The molecule has 0 aliphatic heterocycles. The van der Waals surface area contributed by atoms with Gasteiger partial charge in [-0.25, -0.2) is 0 Å². The van der Waals surface area contributed by atoms with Gasteiger partial charge in [0.2, 0.25) is 0 Å². The van der Waals surface area contributed by atoms with Crippen LogP contribution in [0.5, 0.6) is 0 Å². The Morgan fingerprint density at radius 1 is 1.46 bits per heavy atom. The van der Waals surface area contributed by atoms with Crippen LogP contribution < -0.4 is 0 Å². The van der Waals surface area contributed by atoms with E-state index in [9.17, 15) is 0 Å². The summed E-state index contributed by atoms with van der Waals surface area (Å²) in [5.41, 5.74) is 1.63. The minimum Gasteiger partial charge on any atom is -0.103 e. The number of rotatable bonds is 2. The lowest BCUT2D eigenvalue weighted by Crippen LogP contribution is -2.24. The Kier molecular flexibility index (Phi) is 1.58. The molecule has 2 fully saturated rings. The first kappa shape index (κ1) is 9.30. The number of hydrogen-bond donors (Lipinski definition) is 0. The minimum absolute atomic E-state index is 0.446. The number of allylic oxidation sites excluding steroid dienone is 1. The summed E-state index contributed by atoms with van der Waals surface area (Å²) in [6.45, 7) is 13.8. The molecule has 4 unspecified atom stereocenters. The molecule has 0 heterocycles. The highest BCUT2D eigenvalue weighted by molar-refractivity contribution is 5.28. The smallest absolute Gasteiger partial charge is 0.00615 e. The van der Waals surface area contributed by atoms with Crippen molar-refractivity contribution in [3.8, 4) is 0 Å². The molecule has 2 aliphatic carbocycles. The maximum absolute atomic E-state index is 4.07. The maximum atomic E-state index is 4.07. The molecular weight excluding hydrogens is 156 g/mol. The van der Waals surface area contributed by atoms with Gasteiger partial charge in [0.05, 0.1) is 0 Å². The van der Waals surface area contributed by atoms with E-state index in [1.807, 2.05) is 0 Å². The van der Waals surface area contributed by atoms with E-state index in [-0.39, 0.29) is 0 Å². The van der Waals surface area contributed by atoms with Crippen LogP contribution in [-0.2, 0) is 0 Å². The van der Waals surface area contributed by atoms with E-state index >= 15 is 0 Å². The third-order valence-corrected chi connectivity index (χ3v) is 5.73. The van der Waals surface area contributed by atoms with E-state index in [1.165, 1.54) is 19.3 Å². The molecule has 13 heavy (non-hydrogen) atoms. The van der Waals surface area contributed by atoms with Crippen molar-refractivity contribution in [3.05, 3.63) is 12.7 Å². The van der Waals surface area contributed by atoms with Crippen LogP contribution in [0.4, 0.5) is 0 Å². The monoisotopic (exact) mass is 178 g/mol. The average molecular weight is 178 g/mol. The van der Waals surface area contributed by atoms with E-state index in [1.54, 1.807) is 0 Å². The Morgan fingerprint density at radius 2 is 2.08 bits per heavy atom. The van der Waals surface area contributed by atoms with Gasteiger partial charge in [-0.2, -0.15) is 0 Å². The average Bonchev–Trinajstić information content (AvgIpc) is 2.63. The van der Waals surface area contributed by atoms with Gasteiger partial charge in [-0.3, -0.25) is 0 Å². The molecule has 74 valence electrons. The Hall–Kier alpha value is -0.260. The first-order valence-corrected chi connectivity index (χ1v) is 5.59. The molecule has 2 saturated carbocycles. The summed E-state index contributed by atoms with van der Waals surface area (Å²) in [5.74, 6) is 0.885. The fraction of sp³-hybridized carbons (Fsp3) is 0.846. The molecule has 0 saturated heterocycles. The van der Waals surface area contributed by atoms with Crippen LogP contribution in [0.3, 0.4) is 0 Å². The maximum Gasteiger partial charge on any atom is -0.00615 e. The van der Waals surface area contributed by atoms with Crippen molar-refractivity contribution < 1.29 is 0 Å². The Morgan fingerprint density at radius 3 is 2.23 bits per heavy atom. The van der Waals surface area contributed by atoms with Gasteiger partial charge in [-0.1, -0.05) is 33.8 Å². The van der Waals surface area contributed by atoms with Gasteiger partial charge in [0.15, 0.2) is 0 Å². The van der Waals surface area contributed by atoms with E-state index in [0.29, 0.717) is 16.2 Å². The van der Waals surface area contributed by atoms with Crippen LogP contribution in [0.25, 0.3) is 0 Å². The summed E-state index contributed by atoms with van der Waals surface area (Å²) in [4.78, 5) is 0. The zero-order chi connectivity index (χ0) is 9.91. The minimum atomic E-state index is 0.446. The van der Waals surface area contributed by atoms with Gasteiger partial charge in [0.25, 0.3) is 0 Å². The molecule has 4 atom stereocenters. The van der Waals surface area contributed by atoms with Crippen molar-refractivity contribution >= 4 is 0 Å². The third-order valence-electron chi connectivity index (χ3n) is 5.73.